The summed E-state index contributed by atoms with van der Waals surface area (Å²) < 4.78 is 46.7. The minimum absolute atomic E-state index is 0.0233. The highest BCUT2D eigenvalue weighted by atomic mass is 16.8. The molecule has 3 saturated heterocycles. The zero-order valence-electron chi connectivity index (χ0n) is 30.7. The minimum Gasteiger partial charge on any atom is -0.508 e. The Balaban J connectivity index is 1.50. The quantitative estimate of drug-likeness (QED) is 0.0544. The molecule has 2 aromatic carbocycles. The van der Waals surface area contributed by atoms with Gasteiger partial charge in [-0.1, -0.05) is 18.2 Å². The first kappa shape index (κ1) is 44.1. The van der Waals surface area contributed by atoms with Crippen molar-refractivity contribution in [3.8, 4) is 17.2 Å². The second-order valence-corrected chi connectivity index (χ2v) is 13.7. The van der Waals surface area contributed by atoms with E-state index < -0.39 is 123 Å². The molecule has 10 N–H and O–H groups in total. The molecular formula is C37H48O20. The molecule has 3 heterocycles. The van der Waals surface area contributed by atoms with Crippen molar-refractivity contribution in [2.45, 2.75) is 112 Å². The summed E-state index contributed by atoms with van der Waals surface area (Å²) in [7, 11) is 0. The molecular weight excluding hydrogens is 764 g/mol. The van der Waals surface area contributed by atoms with Gasteiger partial charge in [-0.25, -0.2) is 4.79 Å². The van der Waals surface area contributed by atoms with Crippen molar-refractivity contribution in [2.75, 3.05) is 19.8 Å². The van der Waals surface area contributed by atoms with Gasteiger partial charge in [-0.15, -0.1) is 0 Å². The fraction of sp³-hybridized carbons (Fsp3) is 0.568. The molecule has 20 heteroatoms. The predicted octanol–water partition coefficient (Wildman–Crippen LogP) is -2.33. The van der Waals surface area contributed by atoms with Crippen molar-refractivity contribution in [3.05, 3.63) is 59.7 Å². The third-order valence-electron chi connectivity index (χ3n) is 9.54. The molecule has 316 valence electrons. The number of carbonyl (C=O) groups excluding carboxylic acids is 2. The normalized spacial score (nSPS) is 35.8. The third kappa shape index (κ3) is 10.9. The number of ether oxygens (including phenoxy) is 8. The highest BCUT2D eigenvalue weighted by molar-refractivity contribution is 5.87. The van der Waals surface area contributed by atoms with Crippen LogP contribution in [0.4, 0.5) is 0 Å². The van der Waals surface area contributed by atoms with Crippen LogP contribution in [0.3, 0.4) is 0 Å². The van der Waals surface area contributed by atoms with E-state index in [0.29, 0.717) is 11.1 Å². The SMILES string of the molecule is CC(=O)O[C@H]1[C@H](OCCc2ccc(O)c(O)c2)O[C@H](CO[C@@H]2O[C@H](CO)[C@@H](O)[C@H](O)[C@H]2O)[C@@H](OC(=O)C=Cc2ccc(O)cc2)[C@@H]1O[C@@H]1O[C@@H](C)[C@H](O)[C@@H](O)[C@H]1O. The van der Waals surface area contributed by atoms with Crippen LogP contribution in [-0.2, 0) is 53.9 Å². The Hall–Kier alpha value is -4.00. The molecule has 3 aliphatic heterocycles. The van der Waals surface area contributed by atoms with Crippen molar-refractivity contribution >= 4 is 18.0 Å². The van der Waals surface area contributed by atoms with Gasteiger partial charge >= 0.3 is 11.9 Å². The van der Waals surface area contributed by atoms with E-state index in [-0.39, 0.29) is 24.5 Å². The molecule has 0 spiro atoms. The fourth-order valence-electron chi connectivity index (χ4n) is 6.38. The van der Waals surface area contributed by atoms with E-state index in [1.165, 1.54) is 55.5 Å². The number of aromatic hydroxyl groups is 3. The minimum atomic E-state index is -1.90. The number of carbonyl (C=O) groups is 2. The zero-order chi connectivity index (χ0) is 41.6. The van der Waals surface area contributed by atoms with Gasteiger partial charge in [0.1, 0.15) is 60.7 Å². The second-order valence-electron chi connectivity index (χ2n) is 13.7. The van der Waals surface area contributed by atoms with Gasteiger partial charge in [-0.2, -0.15) is 0 Å². The summed E-state index contributed by atoms with van der Waals surface area (Å²) in [6.45, 7) is 0.808. The molecule has 2 aromatic rings. The first-order chi connectivity index (χ1) is 27.1. The van der Waals surface area contributed by atoms with Crippen molar-refractivity contribution in [3.63, 3.8) is 0 Å². The molecule has 20 nitrogen and oxygen atoms in total. The van der Waals surface area contributed by atoms with Crippen molar-refractivity contribution < 1.29 is 98.5 Å². The van der Waals surface area contributed by atoms with E-state index in [1.54, 1.807) is 0 Å². The van der Waals surface area contributed by atoms with Crippen LogP contribution < -0.4 is 0 Å². The molecule has 0 aromatic heterocycles. The van der Waals surface area contributed by atoms with E-state index in [4.69, 9.17) is 37.9 Å². The Labute approximate surface area is 325 Å². The Morgan fingerprint density at radius 3 is 2.04 bits per heavy atom. The zero-order valence-corrected chi connectivity index (χ0v) is 30.7. The van der Waals surface area contributed by atoms with E-state index in [2.05, 4.69) is 0 Å². The van der Waals surface area contributed by atoms with Gasteiger partial charge in [0, 0.05) is 13.0 Å². The van der Waals surface area contributed by atoms with Gasteiger partial charge < -0.3 is 89.0 Å². The van der Waals surface area contributed by atoms with Crippen LogP contribution in [0.5, 0.6) is 17.2 Å². The number of esters is 2. The van der Waals surface area contributed by atoms with Crippen LogP contribution >= 0.6 is 0 Å². The number of phenols is 3. The number of aliphatic hydroxyl groups excluding tert-OH is 7. The van der Waals surface area contributed by atoms with Crippen LogP contribution in [0, 0.1) is 0 Å². The summed E-state index contributed by atoms with van der Waals surface area (Å²) in [4.78, 5) is 26.0. The average molecular weight is 813 g/mol. The molecule has 15 atom stereocenters. The number of rotatable bonds is 14. The van der Waals surface area contributed by atoms with Crippen LogP contribution in [0.1, 0.15) is 25.0 Å². The number of hydrogen-bond donors (Lipinski definition) is 10. The molecule has 3 aliphatic rings. The summed E-state index contributed by atoms with van der Waals surface area (Å²) in [5.41, 5.74) is 0.987. The van der Waals surface area contributed by atoms with Crippen LogP contribution in [0.25, 0.3) is 6.08 Å². The van der Waals surface area contributed by atoms with Crippen molar-refractivity contribution in [2.24, 2.45) is 0 Å². The molecule has 0 amide bonds. The van der Waals surface area contributed by atoms with E-state index >= 15 is 0 Å². The molecule has 0 aliphatic carbocycles. The van der Waals surface area contributed by atoms with Gasteiger partial charge in [0.2, 0.25) is 0 Å². The lowest BCUT2D eigenvalue weighted by Crippen LogP contribution is -2.66. The van der Waals surface area contributed by atoms with Gasteiger partial charge in [-0.3, -0.25) is 4.79 Å². The van der Waals surface area contributed by atoms with Gasteiger partial charge in [0.05, 0.1) is 25.9 Å². The first-order valence-corrected chi connectivity index (χ1v) is 18.0. The maximum Gasteiger partial charge on any atom is 0.331 e. The number of hydrogen-bond acceptors (Lipinski definition) is 20. The number of aliphatic hydroxyl groups is 7. The summed E-state index contributed by atoms with van der Waals surface area (Å²) in [6, 6.07) is 9.84. The maximum absolute atomic E-state index is 13.5. The van der Waals surface area contributed by atoms with Crippen molar-refractivity contribution in [1.82, 2.24) is 0 Å². The van der Waals surface area contributed by atoms with E-state index in [9.17, 15) is 60.7 Å². The van der Waals surface area contributed by atoms with Gasteiger partial charge in [0.25, 0.3) is 0 Å². The topological polar surface area (TPSA) is 310 Å². The molecule has 0 radical (unpaired) electrons. The number of benzene rings is 2. The predicted molar refractivity (Wildman–Crippen MR) is 188 cm³/mol. The Bertz CT molecular complexity index is 1650. The van der Waals surface area contributed by atoms with Crippen molar-refractivity contribution in [1.29, 1.82) is 0 Å². The van der Waals surface area contributed by atoms with E-state index in [0.717, 1.165) is 13.0 Å². The molecule has 3 fully saturated rings. The van der Waals surface area contributed by atoms with Crippen LogP contribution in [-0.4, -0.2) is 175 Å². The highest BCUT2D eigenvalue weighted by Crippen LogP contribution is 2.34. The smallest absolute Gasteiger partial charge is 0.331 e. The molecule has 0 bridgehead atoms. The summed E-state index contributed by atoms with van der Waals surface area (Å²) in [6.07, 6.45) is -22.1. The molecule has 5 rings (SSSR count). The molecule has 57 heavy (non-hydrogen) atoms. The summed E-state index contributed by atoms with van der Waals surface area (Å²) in [5, 5.41) is 102. The lowest BCUT2D eigenvalue weighted by molar-refractivity contribution is -0.364. The lowest BCUT2D eigenvalue weighted by atomic mass is 9.96. The Morgan fingerprint density at radius 1 is 0.702 bits per heavy atom. The summed E-state index contributed by atoms with van der Waals surface area (Å²) >= 11 is 0. The van der Waals surface area contributed by atoms with Crippen LogP contribution in [0.2, 0.25) is 0 Å². The standard InChI is InChI=1S/C37H48O20/c1-16-26(44)28(46)31(49)36(52-16)57-33-32(56-25(43)10-6-18-3-7-20(40)8-4-18)24(15-51-35-30(48)29(47)27(45)23(14-38)54-35)55-37(34(33)53-17(2)39)50-12-11-19-5-9-21(41)22(42)13-19/h3-10,13,16,23-24,26-38,40-42,44-49H,11-12,14-15H2,1-2H3/t16-,23+,24+,26-,27+,28+,29-,30+,31+,32+,33-,34+,35+,36-,37+/m0/s1. The largest absolute Gasteiger partial charge is 0.508 e. The lowest BCUT2D eigenvalue weighted by Gasteiger charge is -2.48. The third-order valence-corrected chi connectivity index (χ3v) is 9.54. The Kier molecular flexibility index (Phi) is 15.2. The monoisotopic (exact) mass is 812 g/mol. The second kappa shape index (κ2) is 19.6. The maximum atomic E-state index is 13.5. The average Bonchev–Trinajstić information content (AvgIpc) is 3.18. The molecule has 0 unspecified atom stereocenters. The van der Waals surface area contributed by atoms with Gasteiger partial charge in [0.15, 0.2) is 42.6 Å². The summed E-state index contributed by atoms with van der Waals surface area (Å²) in [5.74, 6) is -2.69. The molecule has 0 saturated carbocycles. The number of phenolic OH excluding ortho intramolecular Hbond substituents is 3. The van der Waals surface area contributed by atoms with Gasteiger partial charge in [-0.05, 0) is 54.8 Å². The fourth-order valence-corrected chi connectivity index (χ4v) is 6.38. The van der Waals surface area contributed by atoms with E-state index in [1.807, 2.05) is 0 Å². The Morgan fingerprint density at radius 2 is 1.37 bits per heavy atom. The highest BCUT2D eigenvalue weighted by Gasteiger charge is 2.55. The van der Waals surface area contributed by atoms with Crippen LogP contribution in [0.15, 0.2) is 48.5 Å². The first-order valence-electron chi connectivity index (χ1n) is 18.0.